The normalized spacial score (nSPS) is 17.1. The first kappa shape index (κ1) is 21.0. The first-order valence-electron chi connectivity index (χ1n) is 11.0. The zero-order chi connectivity index (χ0) is 20.8. The van der Waals surface area contributed by atoms with Gasteiger partial charge >= 0.3 is 0 Å². The van der Waals surface area contributed by atoms with Crippen molar-refractivity contribution in [1.82, 2.24) is 19.9 Å². The van der Waals surface area contributed by atoms with Crippen LogP contribution in [0.3, 0.4) is 0 Å². The molecule has 0 spiro atoms. The lowest BCUT2D eigenvalue weighted by atomic mass is 9.71. The number of H-pyrrole nitrogens is 1. The van der Waals surface area contributed by atoms with E-state index in [1.54, 1.807) is 11.8 Å². The first-order valence-corrected chi connectivity index (χ1v) is 12.4. The van der Waals surface area contributed by atoms with E-state index in [0.717, 1.165) is 48.4 Å². The quantitative estimate of drug-likeness (QED) is 0.489. The summed E-state index contributed by atoms with van der Waals surface area (Å²) >= 11 is 1.80. The molecule has 0 bridgehead atoms. The van der Waals surface area contributed by atoms with Gasteiger partial charge in [0.05, 0.1) is 17.1 Å². The van der Waals surface area contributed by atoms with Crippen molar-refractivity contribution >= 4 is 28.7 Å². The van der Waals surface area contributed by atoms with Crippen molar-refractivity contribution in [3.8, 4) is 0 Å². The molecule has 1 fully saturated rings. The molecule has 1 saturated carbocycles. The Labute approximate surface area is 183 Å². The predicted molar refractivity (Wildman–Crippen MR) is 125 cm³/mol. The molecule has 2 N–H and O–H groups in total. The minimum absolute atomic E-state index is 0.0548. The smallest absolute Gasteiger partial charge is 0.221 e. The highest BCUT2D eigenvalue weighted by Crippen LogP contribution is 2.41. The fourth-order valence-electron chi connectivity index (χ4n) is 4.79. The van der Waals surface area contributed by atoms with Crippen LogP contribution in [0.2, 0.25) is 0 Å². The number of benzene rings is 1. The summed E-state index contributed by atoms with van der Waals surface area (Å²) in [5.41, 5.74) is 2.03. The summed E-state index contributed by atoms with van der Waals surface area (Å²) in [5.74, 6) is 1.99. The third-order valence-electron chi connectivity index (χ3n) is 6.32. The Balaban J connectivity index is 1.49. The molecule has 2 aromatic heterocycles. The van der Waals surface area contributed by atoms with E-state index in [4.69, 9.17) is 4.98 Å². The zero-order valence-electron chi connectivity index (χ0n) is 17.8. The van der Waals surface area contributed by atoms with Gasteiger partial charge in [-0.1, -0.05) is 31.4 Å². The maximum absolute atomic E-state index is 13.2. The lowest BCUT2D eigenvalue weighted by Gasteiger charge is -2.37. The summed E-state index contributed by atoms with van der Waals surface area (Å²) in [6, 6.07) is 12.1. The van der Waals surface area contributed by atoms with E-state index in [1.807, 2.05) is 24.3 Å². The number of rotatable bonds is 9. The molecular weight excluding hydrogens is 392 g/mol. The molecule has 1 aliphatic rings. The van der Waals surface area contributed by atoms with Gasteiger partial charge in [0.15, 0.2) is 0 Å². The maximum atomic E-state index is 13.2. The van der Waals surface area contributed by atoms with E-state index in [1.165, 1.54) is 19.3 Å². The Bertz CT molecular complexity index is 910. The summed E-state index contributed by atoms with van der Waals surface area (Å²) in [6.07, 6.45) is 13.8. The molecule has 0 radical (unpaired) electrons. The molecule has 1 aliphatic carbocycles. The molecule has 30 heavy (non-hydrogen) atoms. The largest absolute Gasteiger partial charge is 0.354 e. The number of carbonyl (C=O) groups is 1. The van der Waals surface area contributed by atoms with E-state index in [9.17, 15) is 4.79 Å². The van der Waals surface area contributed by atoms with Crippen molar-refractivity contribution in [1.29, 1.82) is 0 Å². The lowest BCUT2D eigenvalue weighted by Crippen LogP contribution is -2.38. The molecular formula is C24H32N4OS. The average molecular weight is 425 g/mol. The van der Waals surface area contributed by atoms with Crippen LogP contribution < -0.4 is 5.32 Å². The standard InChI is InChI=1S/C24H32N4OS/c1-30-16-11-21(23-26-19-9-3-4-10-20(19)27-23)25-22(29)17-24(12-5-2-6-13-24)18-28-14-7-8-15-28/h3-4,7-10,14-15,21H,2,5-6,11-13,16-18H2,1H3,(H,25,29)(H,26,27)/t21-/m1/s1. The van der Waals surface area contributed by atoms with Crippen molar-refractivity contribution < 1.29 is 4.79 Å². The van der Waals surface area contributed by atoms with Gasteiger partial charge in [0.25, 0.3) is 0 Å². The van der Waals surface area contributed by atoms with E-state index < -0.39 is 0 Å². The van der Waals surface area contributed by atoms with Crippen LogP contribution in [-0.4, -0.2) is 32.5 Å². The number of aromatic amines is 1. The van der Waals surface area contributed by atoms with Crippen molar-refractivity contribution in [3.63, 3.8) is 0 Å². The fourth-order valence-corrected chi connectivity index (χ4v) is 5.26. The number of hydrogen-bond acceptors (Lipinski definition) is 3. The molecule has 5 nitrogen and oxygen atoms in total. The van der Waals surface area contributed by atoms with Gasteiger partial charge in [0.1, 0.15) is 5.82 Å². The highest BCUT2D eigenvalue weighted by molar-refractivity contribution is 7.98. The van der Waals surface area contributed by atoms with Gasteiger partial charge in [-0.2, -0.15) is 11.8 Å². The van der Waals surface area contributed by atoms with Gasteiger partial charge in [-0.05, 0) is 61.0 Å². The van der Waals surface area contributed by atoms with Gasteiger partial charge in [-0.3, -0.25) is 4.79 Å². The number of hydrogen-bond donors (Lipinski definition) is 2. The van der Waals surface area contributed by atoms with E-state index >= 15 is 0 Å². The Kier molecular flexibility index (Phi) is 6.82. The molecule has 1 amide bonds. The Morgan fingerprint density at radius 3 is 2.70 bits per heavy atom. The number of fused-ring (bicyclic) bond motifs is 1. The number of thioether (sulfide) groups is 1. The number of imidazole rings is 1. The number of aromatic nitrogens is 3. The van der Waals surface area contributed by atoms with Crippen LogP contribution in [0.5, 0.6) is 0 Å². The Morgan fingerprint density at radius 2 is 1.97 bits per heavy atom. The van der Waals surface area contributed by atoms with Crippen molar-refractivity contribution in [2.45, 2.75) is 57.5 Å². The second-order valence-corrected chi connectivity index (χ2v) is 9.62. The number of para-hydroxylation sites is 2. The van der Waals surface area contributed by atoms with Gasteiger partial charge in [0.2, 0.25) is 5.91 Å². The maximum Gasteiger partial charge on any atom is 0.221 e. The van der Waals surface area contributed by atoms with Gasteiger partial charge in [-0.15, -0.1) is 0 Å². The highest BCUT2D eigenvalue weighted by atomic mass is 32.2. The lowest BCUT2D eigenvalue weighted by molar-refractivity contribution is -0.125. The van der Waals surface area contributed by atoms with Crippen LogP contribution >= 0.6 is 11.8 Å². The minimum atomic E-state index is -0.0791. The molecule has 0 aliphatic heterocycles. The zero-order valence-corrected chi connectivity index (χ0v) is 18.6. The number of nitrogens with one attached hydrogen (secondary N) is 2. The summed E-state index contributed by atoms with van der Waals surface area (Å²) in [4.78, 5) is 21.4. The molecule has 1 atom stereocenters. The summed E-state index contributed by atoms with van der Waals surface area (Å²) < 4.78 is 2.24. The van der Waals surface area contributed by atoms with E-state index in [2.05, 4.69) is 45.7 Å². The molecule has 0 unspecified atom stereocenters. The third-order valence-corrected chi connectivity index (χ3v) is 6.96. The van der Waals surface area contributed by atoms with E-state index in [0.29, 0.717) is 6.42 Å². The van der Waals surface area contributed by atoms with Gasteiger partial charge in [-0.25, -0.2) is 4.98 Å². The van der Waals surface area contributed by atoms with Crippen LogP contribution in [0.4, 0.5) is 0 Å². The van der Waals surface area contributed by atoms with Crippen LogP contribution in [0.15, 0.2) is 48.8 Å². The first-order chi connectivity index (χ1) is 14.7. The minimum Gasteiger partial charge on any atom is -0.354 e. The van der Waals surface area contributed by atoms with Gasteiger partial charge < -0.3 is 14.9 Å². The van der Waals surface area contributed by atoms with Crippen molar-refractivity contribution in [2.24, 2.45) is 5.41 Å². The topological polar surface area (TPSA) is 62.7 Å². The third kappa shape index (κ3) is 5.09. The van der Waals surface area contributed by atoms with Crippen LogP contribution in [0.25, 0.3) is 11.0 Å². The van der Waals surface area contributed by atoms with Crippen molar-refractivity contribution in [2.75, 3.05) is 12.0 Å². The van der Waals surface area contributed by atoms with Crippen molar-refractivity contribution in [3.05, 3.63) is 54.6 Å². The number of nitrogens with zero attached hydrogens (tertiary/aromatic N) is 2. The molecule has 160 valence electrons. The van der Waals surface area contributed by atoms with Gasteiger partial charge in [0, 0.05) is 25.4 Å². The monoisotopic (exact) mass is 424 g/mol. The van der Waals surface area contributed by atoms with Crippen LogP contribution in [0.1, 0.15) is 56.8 Å². The van der Waals surface area contributed by atoms with Crippen LogP contribution in [0, 0.1) is 5.41 Å². The fraction of sp³-hybridized carbons (Fsp3) is 0.500. The highest BCUT2D eigenvalue weighted by Gasteiger charge is 2.35. The molecule has 6 heteroatoms. The SMILES string of the molecule is CSCC[C@@H](NC(=O)CC1(Cn2cccc2)CCCCC1)c1nc2ccccc2[nH]1. The molecule has 0 saturated heterocycles. The number of carbonyl (C=O) groups excluding carboxylic acids is 1. The number of amides is 1. The second kappa shape index (κ2) is 9.73. The second-order valence-electron chi connectivity index (χ2n) is 8.63. The molecule has 4 rings (SSSR count). The molecule has 1 aromatic carbocycles. The Morgan fingerprint density at radius 1 is 1.20 bits per heavy atom. The molecule has 2 heterocycles. The Hall–Kier alpha value is -2.21. The summed E-state index contributed by atoms with van der Waals surface area (Å²) in [6.45, 7) is 0.924. The average Bonchev–Trinajstić information content (AvgIpc) is 3.41. The summed E-state index contributed by atoms with van der Waals surface area (Å²) in [5, 5.41) is 3.33. The predicted octanol–water partition coefficient (Wildman–Crippen LogP) is 5.32. The van der Waals surface area contributed by atoms with E-state index in [-0.39, 0.29) is 17.4 Å². The van der Waals surface area contributed by atoms with Crippen LogP contribution in [-0.2, 0) is 11.3 Å². The molecule has 3 aromatic rings. The summed E-state index contributed by atoms with van der Waals surface area (Å²) in [7, 11) is 0.